The van der Waals surface area contributed by atoms with Crippen LogP contribution in [0.5, 0.6) is 0 Å². The molecule has 0 aliphatic rings. The van der Waals surface area contributed by atoms with E-state index >= 15 is 0 Å². The van der Waals surface area contributed by atoms with Gasteiger partial charge in [0, 0.05) is 16.5 Å². The summed E-state index contributed by atoms with van der Waals surface area (Å²) in [5.41, 5.74) is 1.26. The van der Waals surface area contributed by atoms with Crippen molar-refractivity contribution >= 4 is 23.2 Å². The van der Waals surface area contributed by atoms with E-state index in [0.717, 1.165) is 25.7 Å². The van der Waals surface area contributed by atoms with Crippen LogP contribution in [0.15, 0.2) is 18.2 Å². The Bertz CT molecular complexity index is 531. The Morgan fingerprint density at radius 2 is 2.19 bits per heavy atom. The SMILES string of the molecule is CCCCC(CC)C(=O)Nc1cc(Cl)ccc1C#CCO. The summed E-state index contributed by atoms with van der Waals surface area (Å²) in [4.78, 5) is 12.3. The highest BCUT2D eigenvalue weighted by molar-refractivity contribution is 6.31. The highest BCUT2D eigenvalue weighted by Gasteiger charge is 2.17. The molecule has 1 rings (SSSR count). The smallest absolute Gasteiger partial charge is 0.227 e. The summed E-state index contributed by atoms with van der Waals surface area (Å²) < 4.78 is 0. The van der Waals surface area contributed by atoms with Gasteiger partial charge in [0.15, 0.2) is 0 Å². The monoisotopic (exact) mass is 307 g/mol. The molecule has 114 valence electrons. The highest BCUT2D eigenvalue weighted by Crippen LogP contribution is 2.22. The first-order valence-corrected chi connectivity index (χ1v) is 7.70. The van der Waals surface area contributed by atoms with Gasteiger partial charge in [0.2, 0.25) is 5.91 Å². The second kappa shape index (κ2) is 9.44. The van der Waals surface area contributed by atoms with E-state index < -0.39 is 0 Å². The van der Waals surface area contributed by atoms with E-state index in [2.05, 4.69) is 24.1 Å². The first-order valence-electron chi connectivity index (χ1n) is 7.32. The van der Waals surface area contributed by atoms with E-state index in [1.165, 1.54) is 0 Å². The Morgan fingerprint density at radius 3 is 2.81 bits per heavy atom. The van der Waals surface area contributed by atoms with Crippen LogP contribution in [-0.2, 0) is 4.79 Å². The maximum atomic E-state index is 12.3. The van der Waals surface area contributed by atoms with Crippen molar-refractivity contribution in [1.82, 2.24) is 0 Å². The van der Waals surface area contributed by atoms with Crippen LogP contribution < -0.4 is 5.32 Å². The second-order valence-corrected chi connectivity index (χ2v) is 5.32. The fourth-order valence-electron chi connectivity index (χ4n) is 2.07. The van der Waals surface area contributed by atoms with Crippen LogP contribution in [0.3, 0.4) is 0 Å². The Morgan fingerprint density at radius 1 is 1.43 bits per heavy atom. The third kappa shape index (κ3) is 5.79. The number of carbonyl (C=O) groups excluding carboxylic acids is 1. The lowest BCUT2D eigenvalue weighted by Gasteiger charge is -2.15. The molecule has 1 unspecified atom stereocenters. The van der Waals surface area contributed by atoms with E-state index in [-0.39, 0.29) is 18.4 Å². The minimum atomic E-state index is -0.218. The van der Waals surface area contributed by atoms with Gasteiger partial charge >= 0.3 is 0 Å². The van der Waals surface area contributed by atoms with Crippen LogP contribution in [0.2, 0.25) is 5.02 Å². The van der Waals surface area contributed by atoms with Gasteiger partial charge in [-0.05, 0) is 31.0 Å². The van der Waals surface area contributed by atoms with E-state index in [4.69, 9.17) is 16.7 Å². The number of rotatable bonds is 6. The van der Waals surface area contributed by atoms with Gasteiger partial charge in [-0.25, -0.2) is 0 Å². The average Bonchev–Trinajstić information content (AvgIpc) is 2.47. The van der Waals surface area contributed by atoms with Crippen LogP contribution in [-0.4, -0.2) is 17.6 Å². The molecule has 0 spiro atoms. The van der Waals surface area contributed by atoms with Crippen molar-refractivity contribution in [2.45, 2.75) is 39.5 Å². The largest absolute Gasteiger partial charge is 0.384 e. The summed E-state index contributed by atoms with van der Waals surface area (Å²) in [7, 11) is 0. The lowest BCUT2D eigenvalue weighted by molar-refractivity contribution is -0.120. The molecule has 0 aliphatic carbocycles. The van der Waals surface area contributed by atoms with Crippen molar-refractivity contribution in [3.05, 3.63) is 28.8 Å². The molecule has 3 nitrogen and oxygen atoms in total. The van der Waals surface area contributed by atoms with Gasteiger partial charge in [-0.3, -0.25) is 4.79 Å². The molecule has 0 bridgehead atoms. The third-order valence-electron chi connectivity index (χ3n) is 3.31. The summed E-state index contributed by atoms with van der Waals surface area (Å²) >= 11 is 5.98. The molecule has 1 amide bonds. The van der Waals surface area contributed by atoms with E-state index in [1.807, 2.05) is 6.92 Å². The molecule has 0 fully saturated rings. The minimum absolute atomic E-state index is 0.000245. The molecule has 21 heavy (non-hydrogen) atoms. The number of aliphatic hydroxyl groups is 1. The van der Waals surface area contributed by atoms with Crippen molar-refractivity contribution in [2.24, 2.45) is 5.92 Å². The van der Waals surface area contributed by atoms with E-state index in [9.17, 15) is 4.79 Å². The van der Waals surface area contributed by atoms with Gasteiger partial charge in [0.25, 0.3) is 0 Å². The molecule has 4 heteroatoms. The number of carbonyl (C=O) groups is 1. The van der Waals surface area contributed by atoms with Crippen molar-refractivity contribution in [3.8, 4) is 11.8 Å². The number of benzene rings is 1. The zero-order chi connectivity index (χ0) is 15.7. The predicted molar refractivity (Wildman–Crippen MR) is 87.4 cm³/mol. The zero-order valence-corrected chi connectivity index (χ0v) is 13.3. The first kappa shape index (κ1) is 17.6. The Kier molecular flexibility index (Phi) is 7.89. The third-order valence-corrected chi connectivity index (χ3v) is 3.55. The van der Waals surface area contributed by atoms with Crippen LogP contribution in [0.4, 0.5) is 5.69 Å². The summed E-state index contributed by atoms with van der Waals surface area (Å²) in [5, 5.41) is 12.2. The zero-order valence-electron chi connectivity index (χ0n) is 12.6. The number of hydrogen-bond donors (Lipinski definition) is 2. The summed E-state index contributed by atoms with van der Waals surface area (Å²) in [6, 6.07) is 5.15. The average molecular weight is 308 g/mol. The number of nitrogens with one attached hydrogen (secondary N) is 1. The van der Waals surface area contributed by atoms with Gasteiger partial charge in [0.1, 0.15) is 6.61 Å². The van der Waals surface area contributed by atoms with E-state index in [1.54, 1.807) is 18.2 Å². The fraction of sp³-hybridized carbons (Fsp3) is 0.471. The van der Waals surface area contributed by atoms with Crippen molar-refractivity contribution in [3.63, 3.8) is 0 Å². The molecule has 0 aromatic heterocycles. The van der Waals surface area contributed by atoms with Gasteiger partial charge in [-0.15, -0.1) is 0 Å². The summed E-state index contributed by atoms with van der Waals surface area (Å²) in [5.74, 6) is 5.41. The first-order chi connectivity index (χ1) is 10.1. The molecule has 1 aromatic rings. The Hall–Kier alpha value is -1.50. The van der Waals surface area contributed by atoms with Gasteiger partial charge in [-0.2, -0.15) is 0 Å². The fourth-order valence-corrected chi connectivity index (χ4v) is 2.24. The molecule has 0 heterocycles. The lowest BCUT2D eigenvalue weighted by Crippen LogP contribution is -2.22. The number of unbranched alkanes of at least 4 members (excludes halogenated alkanes) is 1. The van der Waals surface area contributed by atoms with Gasteiger partial charge < -0.3 is 10.4 Å². The quantitative estimate of drug-likeness (QED) is 0.785. The van der Waals surface area contributed by atoms with Crippen LogP contribution >= 0.6 is 11.6 Å². The number of anilines is 1. The number of amides is 1. The van der Waals surface area contributed by atoms with Crippen molar-refractivity contribution in [2.75, 3.05) is 11.9 Å². The normalized spacial score (nSPS) is 11.4. The van der Waals surface area contributed by atoms with Gasteiger partial charge in [-0.1, -0.05) is 50.1 Å². The summed E-state index contributed by atoms with van der Waals surface area (Å²) in [6.45, 7) is 3.92. The number of hydrogen-bond acceptors (Lipinski definition) is 2. The van der Waals surface area contributed by atoms with Crippen molar-refractivity contribution in [1.29, 1.82) is 0 Å². The summed E-state index contributed by atoms with van der Waals surface area (Å²) in [6.07, 6.45) is 3.81. The lowest BCUT2D eigenvalue weighted by atomic mass is 9.98. The molecule has 1 atom stereocenters. The molecule has 1 aromatic carbocycles. The number of aliphatic hydroxyl groups excluding tert-OH is 1. The number of halogens is 1. The van der Waals surface area contributed by atoms with E-state index in [0.29, 0.717) is 16.3 Å². The van der Waals surface area contributed by atoms with Crippen LogP contribution in [0.25, 0.3) is 0 Å². The minimum Gasteiger partial charge on any atom is -0.384 e. The highest BCUT2D eigenvalue weighted by atomic mass is 35.5. The Balaban J connectivity index is 2.89. The molecule has 2 N–H and O–H groups in total. The second-order valence-electron chi connectivity index (χ2n) is 4.89. The molecule has 0 radical (unpaired) electrons. The maximum absolute atomic E-state index is 12.3. The predicted octanol–water partition coefficient (Wildman–Crippen LogP) is 3.84. The molecule has 0 saturated heterocycles. The Labute approximate surface area is 131 Å². The topological polar surface area (TPSA) is 49.3 Å². The molecular weight excluding hydrogens is 286 g/mol. The van der Waals surface area contributed by atoms with Gasteiger partial charge in [0.05, 0.1) is 5.69 Å². The molecule has 0 saturated carbocycles. The maximum Gasteiger partial charge on any atom is 0.227 e. The van der Waals surface area contributed by atoms with Crippen LogP contribution in [0, 0.1) is 17.8 Å². The van der Waals surface area contributed by atoms with Crippen molar-refractivity contribution < 1.29 is 9.90 Å². The molecule has 0 aliphatic heterocycles. The molecular formula is C17H22ClNO2. The van der Waals surface area contributed by atoms with Crippen LogP contribution in [0.1, 0.15) is 45.1 Å². The standard InChI is InChI=1S/C17H22ClNO2/c1-3-5-7-13(4-2)17(21)19-16-12-15(18)10-9-14(16)8-6-11-20/h9-10,12-13,20H,3-5,7,11H2,1-2H3,(H,19,21).